The van der Waals surface area contributed by atoms with E-state index in [1.807, 2.05) is 6.08 Å². The van der Waals surface area contributed by atoms with Gasteiger partial charge in [0.15, 0.2) is 5.78 Å². The summed E-state index contributed by atoms with van der Waals surface area (Å²) in [4.78, 5) is 11.8. The van der Waals surface area contributed by atoms with Crippen LogP contribution in [-0.2, 0) is 4.79 Å². The van der Waals surface area contributed by atoms with Gasteiger partial charge in [-0.05, 0) is 92.4 Å². The third-order valence-electron chi connectivity index (χ3n) is 9.08. The average molecular weight is 308 g/mol. The molecule has 8 atom stereocenters. The highest BCUT2D eigenvalue weighted by Gasteiger charge is 2.73. The molecule has 4 saturated carbocycles. The van der Waals surface area contributed by atoms with E-state index in [1.54, 1.807) is 0 Å². The minimum absolute atomic E-state index is 0.131. The molecule has 4 fully saturated rings. The molecular formula is C22H28O. The lowest BCUT2D eigenvalue weighted by Gasteiger charge is -2.57. The van der Waals surface area contributed by atoms with E-state index in [9.17, 15) is 4.79 Å². The van der Waals surface area contributed by atoms with Crippen LogP contribution < -0.4 is 0 Å². The SMILES string of the molecule is C#C[C@@]1(C)C2CC2C2C3CCC4=CC(=O)CCC4C3CCC21C. The first-order valence-electron chi connectivity index (χ1n) is 9.70. The fourth-order valence-corrected chi connectivity index (χ4v) is 7.80. The van der Waals surface area contributed by atoms with Gasteiger partial charge in [-0.25, -0.2) is 0 Å². The second-order valence-electron chi connectivity index (χ2n) is 9.53. The van der Waals surface area contributed by atoms with Gasteiger partial charge in [0, 0.05) is 11.8 Å². The standard InChI is InChI=1S/C22H28O/c1-4-21(2)19-12-18(19)20-17-7-5-13-11-14(23)6-8-15(13)16(17)9-10-22(20,21)3/h1,11,15-20H,5-10,12H2,2-3H3/t15?,16?,17?,18?,19?,20?,21-,22?/m0/s1. The van der Waals surface area contributed by atoms with Crippen LogP contribution in [0.1, 0.15) is 58.8 Å². The summed E-state index contributed by atoms with van der Waals surface area (Å²) in [5, 5.41) is 0. The molecule has 0 spiro atoms. The van der Waals surface area contributed by atoms with E-state index < -0.39 is 0 Å². The number of fused-ring (bicyclic) bond motifs is 7. The van der Waals surface area contributed by atoms with Gasteiger partial charge in [-0.2, -0.15) is 0 Å². The molecule has 1 heteroatoms. The van der Waals surface area contributed by atoms with Crippen molar-refractivity contribution in [2.75, 3.05) is 0 Å². The van der Waals surface area contributed by atoms with Crippen molar-refractivity contribution in [2.45, 2.75) is 58.8 Å². The molecule has 0 bridgehead atoms. The number of ketones is 1. The fourth-order valence-electron chi connectivity index (χ4n) is 7.80. The molecule has 0 heterocycles. The molecule has 0 amide bonds. The lowest BCUT2D eigenvalue weighted by molar-refractivity contribution is -0.116. The van der Waals surface area contributed by atoms with Crippen molar-refractivity contribution < 1.29 is 4.79 Å². The fraction of sp³-hybridized carbons (Fsp3) is 0.773. The predicted molar refractivity (Wildman–Crippen MR) is 91.4 cm³/mol. The van der Waals surface area contributed by atoms with Gasteiger partial charge in [-0.1, -0.05) is 18.4 Å². The summed E-state index contributed by atoms with van der Waals surface area (Å²) in [5.41, 5.74) is 1.99. The average Bonchev–Trinajstić information content (AvgIpc) is 3.30. The predicted octanol–water partition coefficient (Wildman–Crippen LogP) is 4.62. The number of carbonyl (C=O) groups excluding carboxylic acids is 1. The zero-order valence-electron chi connectivity index (χ0n) is 14.5. The van der Waals surface area contributed by atoms with Crippen molar-refractivity contribution in [1.82, 2.24) is 0 Å². The molecule has 5 aliphatic rings. The third kappa shape index (κ3) is 1.59. The summed E-state index contributed by atoms with van der Waals surface area (Å²) in [6, 6.07) is 0. The van der Waals surface area contributed by atoms with Gasteiger partial charge in [0.2, 0.25) is 0 Å². The van der Waals surface area contributed by atoms with Crippen molar-refractivity contribution in [3.8, 4) is 12.3 Å². The number of rotatable bonds is 0. The molecular weight excluding hydrogens is 280 g/mol. The van der Waals surface area contributed by atoms with E-state index in [1.165, 1.54) is 37.7 Å². The van der Waals surface area contributed by atoms with Gasteiger partial charge in [0.25, 0.3) is 0 Å². The first kappa shape index (κ1) is 14.3. The number of allylic oxidation sites excluding steroid dienone is 1. The second-order valence-corrected chi connectivity index (χ2v) is 9.53. The lowest BCUT2D eigenvalue weighted by atomic mass is 9.47. The zero-order valence-corrected chi connectivity index (χ0v) is 14.5. The molecule has 122 valence electrons. The Bertz CT molecular complexity index is 651. The van der Waals surface area contributed by atoms with Gasteiger partial charge >= 0.3 is 0 Å². The Morgan fingerprint density at radius 1 is 1.13 bits per heavy atom. The highest BCUT2D eigenvalue weighted by atomic mass is 16.1. The van der Waals surface area contributed by atoms with E-state index in [-0.39, 0.29) is 5.41 Å². The number of terminal acetylenes is 1. The van der Waals surface area contributed by atoms with E-state index in [0.717, 1.165) is 42.4 Å². The number of carbonyl (C=O) groups is 1. The van der Waals surface area contributed by atoms with Gasteiger partial charge in [-0.3, -0.25) is 4.79 Å². The minimum Gasteiger partial charge on any atom is -0.295 e. The Morgan fingerprint density at radius 2 is 1.96 bits per heavy atom. The Morgan fingerprint density at radius 3 is 2.74 bits per heavy atom. The maximum absolute atomic E-state index is 11.8. The zero-order chi connectivity index (χ0) is 16.0. The van der Waals surface area contributed by atoms with Crippen molar-refractivity contribution in [2.24, 2.45) is 46.3 Å². The van der Waals surface area contributed by atoms with Crippen LogP contribution in [-0.4, -0.2) is 5.78 Å². The Labute approximate surface area is 140 Å². The number of hydrogen-bond acceptors (Lipinski definition) is 1. The van der Waals surface area contributed by atoms with E-state index in [4.69, 9.17) is 6.42 Å². The Hall–Kier alpha value is -1.03. The van der Waals surface area contributed by atoms with E-state index in [2.05, 4.69) is 19.8 Å². The van der Waals surface area contributed by atoms with Crippen molar-refractivity contribution in [3.63, 3.8) is 0 Å². The van der Waals surface area contributed by atoms with Crippen molar-refractivity contribution in [1.29, 1.82) is 0 Å². The molecule has 0 N–H and O–H groups in total. The minimum atomic E-state index is 0.131. The third-order valence-corrected chi connectivity index (χ3v) is 9.08. The van der Waals surface area contributed by atoms with Crippen LogP contribution in [0, 0.1) is 58.7 Å². The largest absolute Gasteiger partial charge is 0.295 e. The first-order valence-corrected chi connectivity index (χ1v) is 9.70. The van der Waals surface area contributed by atoms with Crippen LogP contribution in [0.15, 0.2) is 11.6 Å². The maximum atomic E-state index is 11.8. The summed E-state index contributed by atoms with van der Waals surface area (Å²) in [6.45, 7) is 4.92. The van der Waals surface area contributed by atoms with Crippen molar-refractivity contribution in [3.05, 3.63) is 11.6 Å². The summed E-state index contributed by atoms with van der Waals surface area (Å²) in [5.74, 6) is 8.62. The van der Waals surface area contributed by atoms with E-state index in [0.29, 0.717) is 17.1 Å². The van der Waals surface area contributed by atoms with Crippen LogP contribution in [0.25, 0.3) is 0 Å². The molecule has 0 saturated heterocycles. The highest BCUT2D eigenvalue weighted by Crippen LogP contribution is 2.78. The summed E-state index contributed by atoms with van der Waals surface area (Å²) < 4.78 is 0. The van der Waals surface area contributed by atoms with E-state index >= 15 is 0 Å². The first-order chi connectivity index (χ1) is 11.0. The molecule has 1 nitrogen and oxygen atoms in total. The van der Waals surface area contributed by atoms with Gasteiger partial charge in [0.05, 0.1) is 0 Å². The Kier molecular flexibility index (Phi) is 2.69. The molecule has 23 heavy (non-hydrogen) atoms. The van der Waals surface area contributed by atoms with Gasteiger partial charge in [-0.15, -0.1) is 6.42 Å². The molecule has 0 radical (unpaired) electrons. The molecule has 0 aliphatic heterocycles. The molecule has 5 aliphatic carbocycles. The molecule has 0 aromatic heterocycles. The van der Waals surface area contributed by atoms with Crippen molar-refractivity contribution >= 4 is 5.78 Å². The van der Waals surface area contributed by atoms with Crippen LogP contribution in [0.2, 0.25) is 0 Å². The second kappa shape index (κ2) is 4.33. The maximum Gasteiger partial charge on any atom is 0.155 e. The lowest BCUT2D eigenvalue weighted by Crippen LogP contribution is -2.50. The monoisotopic (exact) mass is 308 g/mol. The molecule has 0 aromatic rings. The Balaban J connectivity index is 1.52. The smallest absolute Gasteiger partial charge is 0.155 e. The topological polar surface area (TPSA) is 17.1 Å². The summed E-state index contributed by atoms with van der Waals surface area (Å²) in [7, 11) is 0. The van der Waals surface area contributed by atoms with Crippen LogP contribution in [0.4, 0.5) is 0 Å². The van der Waals surface area contributed by atoms with Gasteiger partial charge in [0.1, 0.15) is 0 Å². The van der Waals surface area contributed by atoms with Gasteiger partial charge < -0.3 is 0 Å². The van der Waals surface area contributed by atoms with Crippen LogP contribution in [0.5, 0.6) is 0 Å². The summed E-state index contributed by atoms with van der Waals surface area (Å²) >= 11 is 0. The quantitative estimate of drug-likeness (QED) is 0.597. The van der Waals surface area contributed by atoms with Crippen LogP contribution in [0.3, 0.4) is 0 Å². The normalized spacial score (nSPS) is 56.6. The van der Waals surface area contributed by atoms with Crippen LogP contribution >= 0.6 is 0 Å². The molecule has 7 unspecified atom stereocenters. The highest BCUT2D eigenvalue weighted by molar-refractivity contribution is 5.91. The molecule has 0 aromatic carbocycles. The summed E-state index contributed by atoms with van der Waals surface area (Å²) in [6.07, 6.45) is 16.5. The molecule has 5 rings (SSSR count). The number of hydrogen-bond donors (Lipinski definition) is 0.